The van der Waals surface area contributed by atoms with Crippen molar-refractivity contribution in [3.8, 4) is 6.07 Å². The second-order valence-corrected chi connectivity index (χ2v) is 4.84. The number of hydrogen-bond acceptors (Lipinski definition) is 3. The van der Waals surface area contributed by atoms with Crippen molar-refractivity contribution < 1.29 is 0 Å². The van der Waals surface area contributed by atoms with E-state index in [2.05, 4.69) is 22.9 Å². The number of nitriles is 1. The lowest BCUT2D eigenvalue weighted by atomic mass is 10.0. The van der Waals surface area contributed by atoms with Gasteiger partial charge in [0.1, 0.15) is 11.8 Å². The first-order valence-corrected chi connectivity index (χ1v) is 6.39. The highest BCUT2D eigenvalue weighted by Crippen LogP contribution is 2.22. The van der Waals surface area contributed by atoms with Crippen LogP contribution in [-0.2, 0) is 6.54 Å². The molecule has 2 heterocycles. The van der Waals surface area contributed by atoms with Gasteiger partial charge in [-0.1, -0.05) is 13.3 Å². The number of pyridine rings is 1. The molecule has 0 N–H and O–H groups in total. The summed E-state index contributed by atoms with van der Waals surface area (Å²) in [4.78, 5) is 6.48. The zero-order valence-corrected chi connectivity index (χ0v) is 10.4. The van der Waals surface area contributed by atoms with E-state index < -0.39 is 0 Å². The molecule has 0 amide bonds. The van der Waals surface area contributed by atoms with Crippen molar-refractivity contribution in [2.75, 3.05) is 13.1 Å². The third kappa shape index (κ3) is 3.28. The normalized spacial score (nSPS) is 20.4. The summed E-state index contributed by atoms with van der Waals surface area (Å²) in [5, 5.41) is 8.81. The molecular formula is C14H19N3. The topological polar surface area (TPSA) is 39.9 Å². The van der Waals surface area contributed by atoms with Crippen LogP contribution in [0.4, 0.5) is 0 Å². The first-order chi connectivity index (χ1) is 8.31. The van der Waals surface area contributed by atoms with E-state index >= 15 is 0 Å². The maximum atomic E-state index is 8.81. The molecule has 1 unspecified atom stereocenters. The minimum Gasteiger partial charge on any atom is -0.299 e. The Morgan fingerprint density at radius 2 is 2.47 bits per heavy atom. The lowest BCUT2D eigenvalue weighted by Gasteiger charge is -2.15. The molecule has 0 saturated carbocycles. The molecule has 3 heteroatoms. The molecule has 90 valence electrons. The van der Waals surface area contributed by atoms with Gasteiger partial charge in [0.05, 0.1) is 0 Å². The van der Waals surface area contributed by atoms with E-state index in [9.17, 15) is 0 Å². The molecule has 0 bridgehead atoms. The molecule has 0 spiro atoms. The third-order valence-corrected chi connectivity index (χ3v) is 3.41. The maximum absolute atomic E-state index is 8.81. The molecule has 1 aliphatic rings. The summed E-state index contributed by atoms with van der Waals surface area (Å²) in [6.07, 6.45) is 5.68. The summed E-state index contributed by atoms with van der Waals surface area (Å²) in [6.45, 7) is 5.61. The zero-order chi connectivity index (χ0) is 12.1. The molecule has 1 atom stereocenters. The Bertz CT molecular complexity index is 408. The number of likely N-dealkylation sites (tertiary alicyclic amines) is 1. The van der Waals surface area contributed by atoms with Crippen molar-refractivity contribution in [2.45, 2.75) is 32.7 Å². The van der Waals surface area contributed by atoms with Crippen LogP contribution in [0.15, 0.2) is 18.3 Å². The predicted molar refractivity (Wildman–Crippen MR) is 67.2 cm³/mol. The Labute approximate surface area is 103 Å². The van der Waals surface area contributed by atoms with Gasteiger partial charge in [-0.2, -0.15) is 5.26 Å². The highest BCUT2D eigenvalue weighted by molar-refractivity contribution is 5.25. The van der Waals surface area contributed by atoms with Gasteiger partial charge in [-0.05, 0) is 43.0 Å². The van der Waals surface area contributed by atoms with Gasteiger partial charge in [0.25, 0.3) is 0 Å². The Balaban J connectivity index is 1.91. The Morgan fingerprint density at radius 1 is 1.59 bits per heavy atom. The van der Waals surface area contributed by atoms with Gasteiger partial charge < -0.3 is 0 Å². The minimum atomic E-state index is 0.520. The van der Waals surface area contributed by atoms with Crippen LogP contribution in [0.3, 0.4) is 0 Å². The van der Waals surface area contributed by atoms with Crippen LogP contribution in [0.5, 0.6) is 0 Å². The second kappa shape index (κ2) is 5.79. The van der Waals surface area contributed by atoms with Gasteiger partial charge in [0.15, 0.2) is 0 Å². The molecule has 17 heavy (non-hydrogen) atoms. The molecule has 1 aromatic heterocycles. The molecule has 1 saturated heterocycles. The molecule has 1 aromatic rings. The van der Waals surface area contributed by atoms with Crippen LogP contribution in [0.1, 0.15) is 37.4 Å². The van der Waals surface area contributed by atoms with E-state index in [1.807, 2.05) is 12.1 Å². The standard InChI is InChI=1S/C14H19N3/c1-2-3-12-5-7-17(10-12)11-13-4-6-16-14(8-13)9-15/h4,6,8,12H,2-3,5,7,10-11H2,1H3. The van der Waals surface area contributed by atoms with Gasteiger partial charge in [0, 0.05) is 19.3 Å². The van der Waals surface area contributed by atoms with Crippen molar-refractivity contribution in [2.24, 2.45) is 5.92 Å². The summed E-state index contributed by atoms with van der Waals surface area (Å²) in [7, 11) is 0. The minimum absolute atomic E-state index is 0.520. The van der Waals surface area contributed by atoms with E-state index in [-0.39, 0.29) is 0 Å². The van der Waals surface area contributed by atoms with Gasteiger partial charge >= 0.3 is 0 Å². The van der Waals surface area contributed by atoms with E-state index in [1.54, 1.807) is 6.20 Å². The van der Waals surface area contributed by atoms with Gasteiger partial charge in [-0.3, -0.25) is 4.90 Å². The molecule has 2 rings (SSSR count). The van der Waals surface area contributed by atoms with E-state index in [0.29, 0.717) is 5.69 Å². The van der Waals surface area contributed by atoms with Crippen molar-refractivity contribution in [3.05, 3.63) is 29.6 Å². The fraction of sp³-hybridized carbons (Fsp3) is 0.571. The first kappa shape index (κ1) is 12.1. The van der Waals surface area contributed by atoms with Crippen LogP contribution in [-0.4, -0.2) is 23.0 Å². The van der Waals surface area contributed by atoms with Crippen LogP contribution >= 0.6 is 0 Å². The maximum Gasteiger partial charge on any atom is 0.140 e. The molecule has 1 fully saturated rings. The second-order valence-electron chi connectivity index (χ2n) is 4.84. The summed E-state index contributed by atoms with van der Waals surface area (Å²) >= 11 is 0. The SMILES string of the molecule is CCCC1CCN(Cc2ccnc(C#N)c2)C1. The number of hydrogen-bond donors (Lipinski definition) is 0. The van der Waals surface area contributed by atoms with Crippen LogP contribution in [0.25, 0.3) is 0 Å². The zero-order valence-electron chi connectivity index (χ0n) is 10.4. The number of nitrogens with zero attached hydrogens (tertiary/aromatic N) is 3. The summed E-state index contributed by atoms with van der Waals surface area (Å²) in [6, 6.07) is 6.00. The molecule has 3 nitrogen and oxygen atoms in total. The lowest BCUT2D eigenvalue weighted by molar-refractivity contribution is 0.313. The first-order valence-electron chi connectivity index (χ1n) is 6.39. The van der Waals surface area contributed by atoms with Gasteiger partial charge in [-0.25, -0.2) is 4.98 Å². The molecule has 0 radical (unpaired) electrons. The number of aromatic nitrogens is 1. The van der Waals surface area contributed by atoms with Crippen LogP contribution in [0, 0.1) is 17.2 Å². The van der Waals surface area contributed by atoms with Crippen LogP contribution < -0.4 is 0 Å². The van der Waals surface area contributed by atoms with E-state index in [1.165, 1.54) is 37.9 Å². The Kier molecular flexibility index (Phi) is 4.11. The van der Waals surface area contributed by atoms with Gasteiger partial charge in [0.2, 0.25) is 0 Å². The predicted octanol–water partition coefficient (Wildman–Crippen LogP) is 2.58. The summed E-state index contributed by atoms with van der Waals surface area (Å²) in [5.74, 6) is 0.872. The van der Waals surface area contributed by atoms with E-state index in [4.69, 9.17) is 5.26 Å². The quantitative estimate of drug-likeness (QED) is 0.796. The molecule has 0 aliphatic carbocycles. The summed E-state index contributed by atoms with van der Waals surface area (Å²) in [5.41, 5.74) is 1.72. The van der Waals surface area contributed by atoms with Crippen molar-refractivity contribution in [3.63, 3.8) is 0 Å². The fourth-order valence-electron chi connectivity index (χ4n) is 2.59. The van der Waals surface area contributed by atoms with Gasteiger partial charge in [-0.15, -0.1) is 0 Å². The average Bonchev–Trinajstić information content (AvgIpc) is 2.77. The number of rotatable bonds is 4. The smallest absolute Gasteiger partial charge is 0.140 e. The summed E-state index contributed by atoms with van der Waals surface area (Å²) < 4.78 is 0. The van der Waals surface area contributed by atoms with Crippen LogP contribution in [0.2, 0.25) is 0 Å². The van der Waals surface area contributed by atoms with Crippen molar-refractivity contribution in [1.29, 1.82) is 5.26 Å². The van der Waals surface area contributed by atoms with E-state index in [0.717, 1.165) is 12.5 Å². The molecule has 1 aliphatic heterocycles. The fourth-order valence-corrected chi connectivity index (χ4v) is 2.59. The highest BCUT2D eigenvalue weighted by Gasteiger charge is 2.21. The Morgan fingerprint density at radius 3 is 3.24 bits per heavy atom. The highest BCUT2D eigenvalue weighted by atomic mass is 15.1. The third-order valence-electron chi connectivity index (χ3n) is 3.41. The van der Waals surface area contributed by atoms with Crippen molar-refractivity contribution in [1.82, 2.24) is 9.88 Å². The Hall–Kier alpha value is -1.40. The van der Waals surface area contributed by atoms with Crippen molar-refractivity contribution >= 4 is 0 Å². The monoisotopic (exact) mass is 229 g/mol. The largest absolute Gasteiger partial charge is 0.299 e. The average molecular weight is 229 g/mol. The molecular weight excluding hydrogens is 210 g/mol. The molecule has 0 aromatic carbocycles. The lowest BCUT2D eigenvalue weighted by Crippen LogP contribution is -2.20.